The molecule has 2 amide bonds. The summed E-state index contributed by atoms with van der Waals surface area (Å²) in [5, 5.41) is 8.25. The van der Waals surface area contributed by atoms with Crippen LogP contribution in [0.5, 0.6) is 0 Å². The molecule has 9 nitrogen and oxygen atoms in total. The number of amides is 2. The number of carbonyl (C=O) groups excluding carboxylic acids is 2. The molecule has 2 aromatic heterocycles. The molecule has 2 saturated carbocycles. The number of imidazole rings is 1. The first-order chi connectivity index (χ1) is 20.0. The van der Waals surface area contributed by atoms with Gasteiger partial charge in [0.15, 0.2) is 0 Å². The Balaban J connectivity index is 0.000000137. The van der Waals surface area contributed by atoms with Crippen LogP contribution in [0.3, 0.4) is 0 Å². The highest BCUT2D eigenvalue weighted by Crippen LogP contribution is 2.44. The number of likely N-dealkylation sites (N-methyl/N-ethyl adjacent to an activating group) is 2. The van der Waals surface area contributed by atoms with Crippen LogP contribution in [0.15, 0.2) is 53.3 Å². The monoisotopic (exact) mass is 564 g/mol. The van der Waals surface area contributed by atoms with Gasteiger partial charge in [0.25, 0.3) is 0 Å². The molecule has 0 atom stereocenters. The molecule has 42 heavy (non-hydrogen) atoms. The van der Waals surface area contributed by atoms with Crippen LogP contribution in [0.1, 0.15) is 87.9 Å². The second kappa shape index (κ2) is 9.11. The minimum atomic E-state index is -0.476. The van der Waals surface area contributed by atoms with Crippen molar-refractivity contribution in [3.8, 4) is 17.1 Å². The molecule has 9 heteroatoms. The molecule has 8 rings (SSSR count). The molecule has 4 aromatic rings. The first kappa shape index (κ1) is 26.6. The number of rotatable bonds is 4. The van der Waals surface area contributed by atoms with E-state index < -0.39 is 10.8 Å². The summed E-state index contributed by atoms with van der Waals surface area (Å²) in [6.07, 6.45) is 8.77. The maximum Gasteiger partial charge on any atom is 0.247 e. The van der Waals surface area contributed by atoms with Crippen LogP contribution in [0.2, 0.25) is 0 Å². The summed E-state index contributed by atoms with van der Waals surface area (Å²) in [6, 6.07) is 12.1. The third kappa shape index (κ3) is 4.16. The Morgan fingerprint density at radius 1 is 0.786 bits per heavy atom. The lowest BCUT2D eigenvalue weighted by atomic mass is 9.86. The predicted molar refractivity (Wildman–Crippen MR) is 160 cm³/mol. The summed E-state index contributed by atoms with van der Waals surface area (Å²) < 4.78 is 7.79. The van der Waals surface area contributed by atoms with E-state index in [1.165, 1.54) is 18.5 Å². The smallest absolute Gasteiger partial charge is 0.247 e. The van der Waals surface area contributed by atoms with Gasteiger partial charge in [0, 0.05) is 54.8 Å². The fourth-order valence-electron chi connectivity index (χ4n) is 6.16. The molecule has 0 N–H and O–H groups in total. The lowest BCUT2D eigenvalue weighted by Gasteiger charge is -2.16. The largest absolute Gasteiger partial charge is 0.420 e. The van der Waals surface area contributed by atoms with Crippen molar-refractivity contribution in [1.29, 1.82) is 0 Å². The molecule has 0 spiro atoms. The Bertz CT molecular complexity index is 1610. The second-order valence-electron chi connectivity index (χ2n) is 13.1. The number of benzene rings is 2. The number of hydrogen-bond acceptors (Lipinski definition) is 6. The highest BCUT2D eigenvalue weighted by Gasteiger charge is 2.43. The van der Waals surface area contributed by atoms with Crippen LogP contribution < -0.4 is 9.80 Å². The van der Waals surface area contributed by atoms with Crippen molar-refractivity contribution in [2.24, 2.45) is 0 Å². The number of carbonyl (C=O) groups is 2. The van der Waals surface area contributed by atoms with E-state index in [9.17, 15) is 9.59 Å². The van der Waals surface area contributed by atoms with E-state index in [1.54, 1.807) is 9.80 Å². The fourth-order valence-corrected chi connectivity index (χ4v) is 6.16. The van der Waals surface area contributed by atoms with Crippen LogP contribution in [0, 0.1) is 0 Å². The standard InChI is InChI=1S/C17H19N3O.C16H17N3O2/c1-17(2)13-7-6-12(8-15(13)19(3)16(17)21)20-9-14(18-10-20)11-4-5-11;1-16(2)11-7-6-10(8-12(11)19(3)15(16)20)14-18-17-13(21-14)9-4-5-9/h6-11H,4-5H2,1-3H3;6-9H,4-5H2,1-3H3. The Hall–Kier alpha value is -4.27. The summed E-state index contributed by atoms with van der Waals surface area (Å²) in [4.78, 5) is 32.6. The number of aromatic nitrogens is 4. The Morgan fingerprint density at radius 3 is 2.00 bits per heavy atom. The van der Waals surface area contributed by atoms with Gasteiger partial charge in [0.1, 0.15) is 0 Å². The lowest BCUT2D eigenvalue weighted by molar-refractivity contribution is -0.122. The van der Waals surface area contributed by atoms with Crippen molar-refractivity contribution in [3.05, 3.63) is 71.6 Å². The predicted octanol–water partition coefficient (Wildman–Crippen LogP) is 5.87. The maximum atomic E-state index is 12.3. The highest BCUT2D eigenvalue weighted by atomic mass is 16.4. The number of fused-ring (bicyclic) bond motifs is 2. The van der Waals surface area contributed by atoms with Crippen molar-refractivity contribution in [1.82, 2.24) is 19.7 Å². The van der Waals surface area contributed by atoms with Crippen LogP contribution in [0.25, 0.3) is 17.1 Å². The molecule has 2 aromatic carbocycles. The zero-order valence-corrected chi connectivity index (χ0v) is 25.0. The van der Waals surface area contributed by atoms with E-state index in [0.717, 1.165) is 52.5 Å². The normalized spacial score (nSPS) is 20.0. The molecule has 0 saturated heterocycles. The molecule has 216 valence electrons. The Kier molecular flexibility index (Phi) is 5.78. The van der Waals surface area contributed by atoms with Crippen molar-refractivity contribution in [2.75, 3.05) is 23.9 Å². The van der Waals surface area contributed by atoms with Crippen LogP contribution >= 0.6 is 0 Å². The van der Waals surface area contributed by atoms with Crippen molar-refractivity contribution in [2.45, 2.75) is 76.0 Å². The van der Waals surface area contributed by atoms with Crippen LogP contribution in [0.4, 0.5) is 11.4 Å². The van der Waals surface area contributed by atoms with E-state index in [0.29, 0.717) is 17.7 Å². The lowest BCUT2D eigenvalue weighted by Crippen LogP contribution is -2.33. The van der Waals surface area contributed by atoms with E-state index in [1.807, 2.05) is 66.3 Å². The van der Waals surface area contributed by atoms with Gasteiger partial charge in [-0.25, -0.2) is 4.98 Å². The van der Waals surface area contributed by atoms with Gasteiger partial charge < -0.3 is 18.8 Å². The van der Waals surface area contributed by atoms with Gasteiger partial charge in [-0.05, 0) is 88.8 Å². The van der Waals surface area contributed by atoms with E-state index >= 15 is 0 Å². The molecule has 0 unspecified atom stereocenters. The van der Waals surface area contributed by atoms with E-state index in [2.05, 4.69) is 44.1 Å². The van der Waals surface area contributed by atoms with E-state index in [-0.39, 0.29) is 11.8 Å². The first-order valence-electron chi connectivity index (χ1n) is 14.7. The SMILES string of the molecule is CN1C(=O)C(C)(C)c2ccc(-c3nnc(C4CC4)o3)cc21.CN1C(=O)C(C)(C)c2ccc(-n3cnc(C4CC4)c3)cc21. The number of anilines is 2. The second-order valence-corrected chi connectivity index (χ2v) is 13.1. The van der Waals surface area contributed by atoms with Gasteiger partial charge in [0.05, 0.1) is 22.9 Å². The molecular weight excluding hydrogens is 528 g/mol. The van der Waals surface area contributed by atoms with Gasteiger partial charge >= 0.3 is 0 Å². The fraction of sp³-hybridized carbons (Fsp3) is 0.424. The van der Waals surface area contributed by atoms with Gasteiger partial charge in [-0.1, -0.05) is 12.1 Å². The van der Waals surface area contributed by atoms with Gasteiger partial charge in [-0.2, -0.15) is 0 Å². The first-order valence-corrected chi connectivity index (χ1v) is 14.7. The van der Waals surface area contributed by atoms with Crippen molar-refractivity contribution in [3.63, 3.8) is 0 Å². The minimum Gasteiger partial charge on any atom is -0.420 e. The summed E-state index contributed by atoms with van der Waals surface area (Å²) in [7, 11) is 3.66. The van der Waals surface area contributed by atoms with E-state index in [4.69, 9.17) is 4.42 Å². The quantitative estimate of drug-likeness (QED) is 0.308. The molecule has 4 heterocycles. The van der Waals surface area contributed by atoms with Crippen LogP contribution in [-0.4, -0.2) is 45.7 Å². The zero-order chi connectivity index (χ0) is 29.6. The third-order valence-corrected chi connectivity index (χ3v) is 9.24. The Morgan fingerprint density at radius 2 is 1.38 bits per heavy atom. The summed E-state index contributed by atoms with van der Waals surface area (Å²) in [6.45, 7) is 7.88. The summed E-state index contributed by atoms with van der Waals surface area (Å²) in [5.74, 6) is 2.63. The molecule has 0 bridgehead atoms. The summed E-state index contributed by atoms with van der Waals surface area (Å²) >= 11 is 0. The van der Waals surface area contributed by atoms with Gasteiger partial charge in [-0.15, -0.1) is 10.2 Å². The Labute approximate surface area is 245 Å². The van der Waals surface area contributed by atoms with Crippen LogP contribution in [-0.2, 0) is 20.4 Å². The summed E-state index contributed by atoms with van der Waals surface area (Å²) in [5.41, 5.74) is 6.27. The van der Waals surface area contributed by atoms with Gasteiger partial charge in [-0.3, -0.25) is 9.59 Å². The number of nitrogens with zero attached hydrogens (tertiary/aromatic N) is 6. The molecule has 4 aliphatic rings. The molecule has 2 aliphatic heterocycles. The number of hydrogen-bond donors (Lipinski definition) is 0. The maximum absolute atomic E-state index is 12.3. The van der Waals surface area contributed by atoms with Gasteiger partial charge in [0.2, 0.25) is 23.6 Å². The molecule has 2 aliphatic carbocycles. The molecule has 0 radical (unpaired) electrons. The van der Waals surface area contributed by atoms with Crippen molar-refractivity contribution < 1.29 is 14.0 Å². The highest BCUT2D eigenvalue weighted by molar-refractivity contribution is 6.08. The third-order valence-electron chi connectivity index (χ3n) is 9.24. The average Bonchev–Trinajstić information content (AvgIpc) is 3.90. The minimum absolute atomic E-state index is 0.110. The average molecular weight is 565 g/mol. The van der Waals surface area contributed by atoms with Crippen molar-refractivity contribution >= 4 is 23.2 Å². The molecule has 2 fully saturated rings. The molecular formula is C33H36N6O3. The zero-order valence-electron chi connectivity index (χ0n) is 25.0. The topological polar surface area (TPSA) is 97.4 Å².